The zero-order valence-electron chi connectivity index (χ0n) is 11.0. The fourth-order valence-electron chi connectivity index (χ4n) is 2.13. The lowest BCUT2D eigenvalue weighted by Crippen LogP contribution is -2.25. The molecule has 1 fully saturated rings. The summed E-state index contributed by atoms with van der Waals surface area (Å²) in [7, 11) is 0. The summed E-state index contributed by atoms with van der Waals surface area (Å²) >= 11 is 0. The lowest BCUT2D eigenvalue weighted by atomic mass is 10.1. The van der Waals surface area contributed by atoms with Crippen LogP contribution in [-0.2, 0) is 9.47 Å². The maximum absolute atomic E-state index is 5.78. The summed E-state index contributed by atoms with van der Waals surface area (Å²) in [5.41, 5.74) is 0. The number of rotatable bonds is 9. The highest BCUT2D eigenvalue weighted by Gasteiger charge is 2.13. The van der Waals surface area contributed by atoms with Gasteiger partial charge in [-0.15, -0.1) is 12.3 Å². The Bertz CT molecular complexity index is 201. The van der Waals surface area contributed by atoms with Gasteiger partial charge in [0.25, 0.3) is 0 Å². The van der Waals surface area contributed by atoms with Crippen molar-refractivity contribution in [2.24, 2.45) is 0 Å². The molecule has 0 amide bonds. The quantitative estimate of drug-likeness (QED) is 0.452. The van der Waals surface area contributed by atoms with Crippen molar-refractivity contribution in [3.8, 4) is 12.3 Å². The molecule has 0 spiro atoms. The highest BCUT2D eigenvalue weighted by Crippen LogP contribution is 2.11. The summed E-state index contributed by atoms with van der Waals surface area (Å²) in [5, 5.41) is 0. The Kier molecular flexibility index (Phi) is 9.09. The van der Waals surface area contributed by atoms with E-state index in [2.05, 4.69) is 5.92 Å². The molecule has 0 aromatic carbocycles. The van der Waals surface area contributed by atoms with Crippen LogP contribution in [0.5, 0.6) is 0 Å². The fourth-order valence-corrected chi connectivity index (χ4v) is 2.13. The average Bonchev–Trinajstić information content (AvgIpc) is 2.38. The average molecular weight is 238 g/mol. The predicted octanol–water partition coefficient (Wildman–Crippen LogP) is 3.55. The van der Waals surface area contributed by atoms with Crippen molar-refractivity contribution in [2.45, 2.75) is 63.9 Å². The van der Waals surface area contributed by atoms with Crippen molar-refractivity contribution in [1.82, 2.24) is 0 Å². The molecule has 0 bridgehead atoms. The van der Waals surface area contributed by atoms with Crippen LogP contribution in [0.4, 0.5) is 0 Å². The minimum atomic E-state index is 0.361. The molecule has 1 aliphatic heterocycles. The van der Waals surface area contributed by atoms with Crippen LogP contribution in [0.3, 0.4) is 0 Å². The van der Waals surface area contributed by atoms with Crippen LogP contribution in [0, 0.1) is 12.3 Å². The van der Waals surface area contributed by atoms with Crippen molar-refractivity contribution in [3.63, 3.8) is 0 Å². The molecule has 0 aliphatic carbocycles. The Balaban J connectivity index is 1.76. The zero-order chi connectivity index (χ0) is 12.2. The van der Waals surface area contributed by atoms with Crippen molar-refractivity contribution in [2.75, 3.05) is 19.8 Å². The minimum absolute atomic E-state index is 0.361. The third-order valence-corrected chi connectivity index (χ3v) is 3.19. The van der Waals surface area contributed by atoms with Crippen LogP contribution in [0.2, 0.25) is 0 Å². The van der Waals surface area contributed by atoms with E-state index in [1.165, 1.54) is 44.9 Å². The highest BCUT2D eigenvalue weighted by molar-refractivity contribution is 4.82. The number of terminal acetylenes is 1. The van der Waals surface area contributed by atoms with E-state index in [9.17, 15) is 0 Å². The Hall–Kier alpha value is -0.520. The summed E-state index contributed by atoms with van der Waals surface area (Å²) in [4.78, 5) is 0. The first-order valence-electron chi connectivity index (χ1n) is 7.06. The van der Waals surface area contributed by atoms with Gasteiger partial charge in [0.1, 0.15) is 0 Å². The molecule has 98 valence electrons. The second-order valence-electron chi connectivity index (χ2n) is 4.79. The Morgan fingerprint density at radius 1 is 1.12 bits per heavy atom. The molecule has 0 aromatic rings. The third-order valence-electron chi connectivity index (χ3n) is 3.19. The van der Waals surface area contributed by atoms with E-state index in [-0.39, 0.29) is 0 Å². The van der Waals surface area contributed by atoms with Gasteiger partial charge < -0.3 is 9.47 Å². The van der Waals surface area contributed by atoms with E-state index >= 15 is 0 Å². The molecule has 2 nitrogen and oxygen atoms in total. The van der Waals surface area contributed by atoms with Crippen molar-refractivity contribution in [3.05, 3.63) is 0 Å². The van der Waals surface area contributed by atoms with E-state index in [1.54, 1.807) is 0 Å². The number of hydrogen-bond acceptors (Lipinski definition) is 2. The van der Waals surface area contributed by atoms with Gasteiger partial charge in [0.2, 0.25) is 0 Å². The molecule has 0 saturated carbocycles. The molecule has 17 heavy (non-hydrogen) atoms. The smallest absolute Gasteiger partial charge is 0.0809 e. The molecular formula is C15H26O2. The molecule has 1 saturated heterocycles. The molecular weight excluding hydrogens is 212 g/mol. The topological polar surface area (TPSA) is 18.5 Å². The largest absolute Gasteiger partial charge is 0.379 e. The summed E-state index contributed by atoms with van der Waals surface area (Å²) in [5.74, 6) is 2.68. The van der Waals surface area contributed by atoms with E-state index < -0.39 is 0 Å². The van der Waals surface area contributed by atoms with Crippen LogP contribution >= 0.6 is 0 Å². The van der Waals surface area contributed by atoms with E-state index in [4.69, 9.17) is 15.9 Å². The molecule has 1 rings (SSSR count). The van der Waals surface area contributed by atoms with Crippen LogP contribution in [0.25, 0.3) is 0 Å². The van der Waals surface area contributed by atoms with Gasteiger partial charge in [-0.1, -0.05) is 25.7 Å². The summed E-state index contributed by atoms with van der Waals surface area (Å²) in [6.45, 7) is 2.61. The lowest BCUT2D eigenvalue weighted by Gasteiger charge is -2.22. The number of hydrogen-bond donors (Lipinski definition) is 0. The predicted molar refractivity (Wildman–Crippen MR) is 70.9 cm³/mol. The Labute approximate surface area is 106 Å². The number of ether oxygens (including phenoxy) is 2. The number of unbranched alkanes of at least 4 members (excludes halogenated alkanes) is 6. The lowest BCUT2D eigenvalue weighted by molar-refractivity contribution is -0.0507. The minimum Gasteiger partial charge on any atom is -0.379 e. The summed E-state index contributed by atoms with van der Waals surface area (Å²) in [6, 6.07) is 0. The van der Waals surface area contributed by atoms with E-state index in [0.29, 0.717) is 6.10 Å². The van der Waals surface area contributed by atoms with E-state index in [0.717, 1.165) is 32.7 Å². The second-order valence-corrected chi connectivity index (χ2v) is 4.79. The van der Waals surface area contributed by atoms with Crippen LogP contribution in [0.15, 0.2) is 0 Å². The first kappa shape index (κ1) is 14.5. The molecule has 0 aromatic heterocycles. The maximum atomic E-state index is 5.78. The Morgan fingerprint density at radius 3 is 2.59 bits per heavy atom. The zero-order valence-corrected chi connectivity index (χ0v) is 11.0. The van der Waals surface area contributed by atoms with Gasteiger partial charge in [-0.2, -0.15) is 0 Å². The normalized spacial score (nSPS) is 20.1. The van der Waals surface area contributed by atoms with E-state index in [1.807, 2.05) is 0 Å². The Morgan fingerprint density at radius 2 is 1.88 bits per heavy atom. The molecule has 1 unspecified atom stereocenters. The van der Waals surface area contributed by atoms with Gasteiger partial charge >= 0.3 is 0 Å². The first-order chi connectivity index (χ1) is 8.43. The van der Waals surface area contributed by atoms with Crippen LogP contribution in [-0.4, -0.2) is 25.9 Å². The molecule has 0 radical (unpaired) electrons. The van der Waals surface area contributed by atoms with Gasteiger partial charge in [-0.3, -0.25) is 0 Å². The molecule has 1 heterocycles. The second kappa shape index (κ2) is 10.6. The van der Waals surface area contributed by atoms with Gasteiger partial charge in [0.05, 0.1) is 12.7 Å². The van der Waals surface area contributed by atoms with Gasteiger partial charge in [0, 0.05) is 19.6 Å². The first-order valence-corrected chi connectivity index (χ1v) is 7.06. The monoisotopic (exact) mass is 238 g/mol. The standard InChI is InChI=1S/C15H26O2/c1-2-3-4-5-6-7-8-9-13-17-15-11-10-12-16-14-15/h1,15H,3-14H2. The van der Waals surface area contributed by atoms with Gasteiger partial charge in [-0.05, 0) is 25.7 Å². The van der Waals surface area contributed by atoms with Gasteiger partial charge in [0.15, 0.2) is 0 Å². The van der Waals surface area contributed by atoms with Crippen molar-refractivity contribution in [1.29, 1.82) is 0 Å². The van der Waals surface area contributed by atoms with Crippen molar-refractivity contribution < 1.29 is 9.47 Å². The highest BCUT2D eigenvalue weighted by atomic mass is 16.5. The molecule has 1 aliphatic rings. The van der Waals surface area contributed by atoms with Crippen LogP contribution in [0.1, 0.15) is 57.8 Å². The molecule has 2 heteroatoms. The molecule has 0 N–H and O–H groups in total. The fraction of sp³-hybridized carbons (Fsp3) is 0.867. The van der Waals surface area contributed by atoms with Gasteiger partial charge in [-0.25, -0.2) is 0 Å². The summed E-state index contributed by atoms with van der Waals surface area (Å²) in [6.07, 6.45) is 16.4. The third kappa shape index (κ3) is 8.24. The molecule has 1 atom stereocenters. The summed E-state index contributed by atoms with van der Waals surface area (Å²) < 4.78 is 11.2. The van der Waals surface area contributed by atoms with Crippen LogP contribution < -0.4 is 0 Å². The SMILES string of the molecule is C#CCCCCCCCCOC1CCCOC1. The van der Waals surface area contributed by atoms with Crippen molar-refractivity contribution >= 4 is 0 Å². The maximum Gasteiger partial charge on any atom is 0.0809 e.